The van der Waals surface area contributed by atoms with Gasteiger partial charge in [0.05, 0.1) is 32.9 Å². The molecule has 4 aromatic rings. The highest BCUT2D eigenvalue weighted by Gasteiger charge is 2.34. The number of aromatic nitrogens is 2. The monoisotopic (exact) mass is 446 g/mol. The number of rotatable bonds is 3. The minimum atomic E-state index is -0.330. The first-order valence-electron chi connectivity index (χ1n) is 8.69. The van der Waals surface area contributed by atoms with Gasteiger partial charge in [-0.05, 0) is 30.3 Å². The van der Waals surface area contributed by atoms with Crippen LogP contribution < -0.4 is 4.90 Å². The van der Waals surface area contributed by atoms with E-state index in [2.05, 4.69) is 14.8 Å². The number of nitrogens with one attached hydrogen (secondary N) is 1. The van der Waals surface area contributed by atoms with Crippen LogP contribution in [0.25, 0.3) is 26.0 Å². The largest absolute Gasteiger partial charge is 0.361 e. The van der Waals surface area contributed by atoms with Crippen molar-refractivity contribution in [1.29, 1.82) is 0 Å². The van der Waals surface area contributed by atoms with Gasteiger partial charge in [-0.25, -0.2) is 9.83 Å². The molecule has 30 heavy (non-hydrogen) atoms. The number of allylic oxidation sites excluding steroid dienone is 1. The number of hydrogen-bond donors (Lipinski definition) is 1. The third-order valence-corrected chi connectivity index (χ3v) is 6.78. The van der Waals surface area contributed by atoms with Gasteiger partial charge >= 0.3 is 0 Å². The Morgan fingerprint density at radius 1 is 1.27 bits per heavy atom. The van der Waals surface area contributed by atoms with Crippen LogP contribution in [0.5, 0.6) is 0 Å². The Hall–Kier alpha value is -3.32. The van der Waals surface area contributed by atoms with Gasteiger partial charge < -0.3 is 4.98 Å². The molecule has 5 rings (SSSR count). The van der Waals surface area contributed by atoms with Crippen LogP contribution in [-0.4, -0.2) is 26.0 Å². The Labute approximate surface area is 184 Å². The summed E-state index contributed by atoms with van der Waals surface area (Å²) in [7, 11) is 0. The van der Waals surface area contributed by atoms with Crippen molar-refractivity contribution in [3.63, 3.8) is 0 Å². The molecule has 3 heterocycles. The maximum Gasteiger partial charge on any atom is 0.270 e. The summed E-state index contributed by atoms with van der Waals surface area (Å²) >= 11 is 7.99. The van der Waals surface area contributed by atoms with Crippen molar-refractivity contribution in [3.8, 4) is 0 Å². The van der Waals surface area contributed by atoms with Crippen molar-refractivity contribution in [2.24, 2.45) is 0 Å². The molecule has 0 saturated carbocycles. The predicted molar refractivity (Wildman–Crippen MR) is 124 cm³/mol. The topological polar surface area (TPSA) is 70.4 Å². The number of H-pyrrole nitrogens is 1. The smallest absolute Gasteiger partial charge is 0.270 e. The van der Waals surface area contributed by atoms with Crippen LogP contribution in [0, 0.1) is 6.57 Å². The van der Waals surface area contributed by atoms with E-state index >= 15 is 0 Å². The summed E-state index contributed by atoms with van der Waals surface area (Å²) in [4.78, 5) is 38.3. The van der Waals surface area contributed by atoms with Gasteiger partial charge in [0.25, 0.3) is 5.91 Å². The van der Waals surface area contributed by atoms with E-state index in [4.69, 9.17) is 18.8 Å². The molecule has 2 aromatic carbocycles. The molecule has 0 unspecified atom stereocenters. The van der Waals surface area contributed by atoms with Crippen LogP contribution in [0.15, 0.2) is 59.1 Å². The van der Waals surface area contributed by atoms with E-state index in [0.29, 0.717) is 26.6 Å². The molecule has 0 radical (unpaired) electrons. The van der Waals surface area contributed by atoms with Crippen molar-refractivity contribution < 1.29 is 9.59 Å². The molecule has 1 fully saturated rings. The number of ketones is 1. The Balaban J connectivity index is 1.49. The second-order valence-corrected chi connectivity index (χ2v) is 8.99. The third kappa shape index (κ3) is 3.02. The van der Waals surface area contributed by atoms with E-state index < -0.39 is 0 Å². The fourth-order valence-corrected chi connectivity index (χ4v) is 5.23. The van der Waals surface area contributed by atoms with Crippen molar-refractivity contribution in [2.75, 3.05) is 4.90 Å². The minimum Gasteiger partial charge on any atom is -0.361 e. The highest BCUT2D eigenvalue weighted by Crippen LogP contribution is 2.37. The second kappa shape index (κ2) is 7.18. The second-order valence-electron chi connectivity index (χ2n) is 6.43. The number of hydrogen-bond acceptors (Lipinski definition) is 6. The quantitative estimate of drug-likeness (QED) is 0.196. The van der Waals surface area contributed by atoms with Crippen LogP contribution >= 0.6 is 35.3 Å². The number of nitrogens with zero attached hydrogens (tertiary/aromatic N) is 3. The molecule has 1 aliphatic rings. The fourth-order valence-electron chi connectivity index (χ4n) is 3.25. The average molecular weight is 447 g/mol. The van der Waals surface area contributed by atoms with Crippen LogP contribution in [-0.2, 0) is 4.79 Å². The molecule has 2 aromatic heterocycles. The Morgan fingerprint density at radius 3 is 2.97 bits per heavy atom. The minimum absolute atomic E-state index is 0.269. The van der Waals surface area contributed by atoms with E-state index in [1.807, 2.05) is 12.1 Å². The lowest BCUT2D eigenvalue weighted by Crippen LogP contribution is -2.27. The number of aromatic amines is 1. The summed E-state index contributed by atoms with van der Waals surface area (Å²) in [5.74, 6) is -0.648. The normalized spacial score (nSPS) is 15.4. The standard InChI is InChI=1S/C21H10N4O2S3/c1-22-11-2-4-15-13(6-11)14(9-23-15)17(26)8-19-20(27)25(21(28)30-19)12-3-5-16-18(7-12)29-10-24-16/h2-10,23H/b19-8-. The molecule has 1 N–H and O–H groups in total. The van der Waals surface area contributed by atoms with Gasteiger partial charge in [0.15, 0.2) is 15.8 Å². The Morgan fingerprint density at radius 2 is 2.13 bits per heavy atom. The van der Waals surface area contributed by atoms with Crippen LogP contribution in [0.1, 0.15) is 10.4 Å². The summed E-state index contributed by atoms with van der Waals surface area (Å²) in [6.07, 6.45) is 2.91. The lowest BCUT2D eigenvalue weighted by molar-refractivity contribution is -0.113. The van der Waals surface area contributed by atoms with Crippen molar-refractivity contribution >= 4 is 83.8 Å². The lowest BCUT2D eigenvalue weighted by atomic mass is 10.1. The van der Waals surface area contributed by atoms with Gasteiger partial charge in [0.1, 0.15) is 0 Å². The molecule has 0 aliphatic carbocycles. The van der Waals surface area contributed by atoms with E-state index in [0.717, 1.165) is 27.5 Å². The van der Waals surface area contributed by atoms with Gasteiger partial charge in [0.2, 0.25) is 0 Å². The van der Waals surface area contributed by atoms with Gasteiger partial charge in [0, 0.05) is 28.7 Å². The number of anilines is 1. The number of fused-ring (bicyclic) bond motifs is 2. The first kappa shape index (κ1) is 18.7. The number of benzene rings is 2. The number of amides is 1. The molecular weight excluding hydrogens is 436 g/mol. The van der Waals surface area contributed by atoms with Gasteiger partial charge in [-0.3, -0.25) is 14.5 Å². The average Bonchev–Trinajstić information content (AvgIpc) is 3.44. The number of thiocarbonyl (C=S) groups is 1. The summed E-state index contributed by atoms with van der Waals surface area (Å²) in [5, 5.41) is 0.649. The zero-order chi connectivity index (χ0) is 20.8. The van der Waals surface area contributed by atoms with Crippen LogP contribution in [0.2, 0.25) is 0 Å². The van der Waals surface area contributed by atoms with Crippen LogP contribution in [0.3, 0.4) is 0 Å². The number of carbonyl (C=O) groups is 2. The maximum absolute atomic E-state index is 13.0. The van der Waals surface area contributed by atoms with E-state index in [1.165, 1.54) is 22.3 Å². The van der Waals surface area contributed by atoms with Crippen LogP contribution in [0.4, 0.5) is 11.4 Å². The number of thiazole rings is 1. The fraction of sp³-hybridized carbons (Fsp3) is 0. The molecule has 0 bridgehead atoms. The number of thioether (sulfide) groups is 1. The van der Waals surface area contributed by atoms with Crippen molar-refractivity contribution in [3.05, 3.63) is 76.1 Å². The van der Waals surface area contributed by atoms with Crippen molar-refractivity contribution in [2.45, 2.75) is 0 Å². The highest BCUT2D eigenvalue weighted by atomic mass is 32.2. The van der Waals surface area contributed by atoms with E-state index in [1.54, 1.807) is 36.0 Å². The molecule has 0 spiro atoms. The van der Waals surface area contributed by atoms with Gasteiger partial charge in [-0.1, -0.05) is 30.0 Å². The SMILES string of the molecule is [C-]#[N+]c1ccc2[nH]cc(C(=O)/C=C3\SC(=S)N(c4ccc5ncsc5c4)C3=O)c2c1. The van der Waals surface area contributed by atoms with Gasteiger partial charge in [-0.2, -0.15) is 0 Å². The zero-order valence-corrected chi connectivity index (χ0v) is 17.5. The summed E-state index contributed by atoms with van der Waals surface area (Å²) in [6.45, 7) is 7.17. The van der Waals surface area contributed by atoms with Gasteiger partial charge in [-0.15, -0.1) is 11.3 Å². The molecule has 1 aliphatic heterocycles. The first-order valence-corrected chi connectivity index (χ1v) is 10.8. The summed E-state index contributed by atoms with van der Waals surface area (Å²) in [5.41, 5.74) is 4.87. The third-order valence-electron chi connectivity index (χ3n) is 4.69. The molecule has 9 heteroatoms. The molecular formula is C21H10N4O2S3. The highest BCUT2D eigenvalue weighted by molar-refractivity contribution is 8.27. The summed E-state index contributed by atoms with van der Waals surface area (Å²) in [6, 6.07) is 10.6. The molecule has 144 valence electrons. The Bertz CT molecular complexity index is 1460. The molecule has 0 atom stereocenters. The van der Waals surface area contributed by atoms with E-state index in [-0.39, 0.29) is 16.6 Å². The molecule has 1 saturated heterocycles. The van der Waals surface area contributed by atoms with E-state index in [9.17, 15) is 9.59 Å². The predicted octanol–water partition coefficient (Wildman–Crippen LogP) is 5.46. The number of carbonyl (C=O) groups excluding carboxylic acids is 2. The molecule has 1 amide bonds. The maximum atomic E-state index is 13.0. The lowest BCUT2D eigenvalue weighted by Gasteiger charge is -2.14. The zero-order valence-electron chi connectivity index (χ0n) is 15.1. The van der Waals surface area contributed by atoms with Crippen molar-refractivity contribution in [1.82, 2.24) is 9.97 Å². The molecule has 6 nitrogen and oxygen atoms in total. The first-order chi connectivity index (χ1) is 14.5. The summed E-state index contributed by atoms with van der Waals surface area (Å²) < 4.78 is 1.33. The Kier molecular flexibility index (Phi) is 4.47.